The third-order valence-corrected chi connectivity index (χ3v) is 3.01. The summed E-state index contributed by atoms with van der Waals surface area (Å²) >= 11 is 0. The Morgan fingerprint density at radius 3 is 3.06 bits per heavy atom. The lowest BCUT2D eigenvalue weighted by atomic mass is 10.2. The topological polar surface area (TPSA) is 67.5 Å². The van der Waals surface area contributed by atoms with E-state index in [-0.39, 0.29) is 6.42 Å². The molecule has 2 aromatic rings. The highest BCUT2D eigenvalue weighted by Crippen LogP contribution is 2.38. The van der Waals surface area contributed by atoms with Crippen molar-refractivity contribution in [2.75, 3.05) is 0 Å². The molecule has 0 radical (unpaired) electrons. The number of carboxylic acids is 1. The van der Waals surface area contributed by atoms with Gasteiger partial charge in [0, 0.05) is 30.3 Å². The number of nitrogens with zero attached hydrogens (tertiary/aromatic N) is 3. The second-order valence-electron chi connectivity index (χ2n) is 4.48. The van der Waals surface area contributed by atoms with Crippen molar-refractivity contribution in [3.63, 3.8) is 0 Å². The lowest BCUT2D eigenvalue weighted by molar-refractivity contribution is -0.136. The van der Waals surface area contributed by atoms with Gasteiger partial charge in [0.25, 0.3) is 0 Å². The molecule has 2 aromatic heterocycles. The van der Waals surface area contributed by atoms with Crippen LogP contribution in [0, 0.1) is 0 Å². The minimum atomic E-state index is -0.793. The average molecular weight is 231 g/mol. The molecule has 1 N–H and O–H groups in total. The van der Waals surface area contributed by atoms with Crippen molar-refractivity contribution < 1.29 is 9.90 Å². The van der Waals surface area contributed by atoms with Crippen molar-refractivity contribution in [2.45, 2.75) is 31.6 Å². The summed E-state index contributed by atoms with van der Waals surface area (Å²) < 4.78 is 1.85. The molecule has 2 heterocycles. The molecule has 0 saturated heterocycles. The summed E-state index contributed by atoms with van der Waals surface area (Å²) in [5.74, 6) is -0.182. The predicted molar refractivity (Wildman–Crippen MR) is 60.9 cm³/mol. The number of fused-ring (bicyclic) bond motifs is 1. The Kier molecular flexibility index (Phi) is 2.31. The Balaban J connectivity index is 1.87. The lowest BCUT2D eigenvalue weighted by Crippen LogP contribution is -1.97. The Morgan fingerprint density at radius 2 is 2.35 bits per heavy atom. The van der Waals surface area contributed by atoms with Gasteiger partial charge in [-0.1, -0.05) is 0 Å². The van der Waals surface area contributed by atoms with Crippen LogP contribution in [0.25, 0.3) is 5.65 Å². The van der Waals surface area contributed by atoms with Crippen molar-refractivity contribution in [1.82, 2.24) is 14.4 Å². The van der Waals surface area contributed by atoms with Crippen LogP contribution in [-0.2, 0) is 11.2 Å². The van der Waals surface area contributed by atoms with Crippen molar-refractivity contribution in [3.05, 3.63) is 30.0 Å². The first-order chi connectivity index (χ1) is 8.22. The molecule has 0 bridgehead atoms. The minimum Gasteiger partial charge on any atom is -0.481 e. The van der Waals surface area contributed by atoms with Crippen LogP contribution in [0.1, 0.15) is 36.6 Å². The molecule has 5 nitrogen and oxygen atoms in total. The van der Waals surface area contributed by atoms with Gasteiger partial charge < -0.3 is 5.11 Å². The van der Waals surface area contributed by atoms with E-state index in [1.165, 1.54) is 12.8 Å². The fraction of sp³-hybridized carbons (Fsp3) is 0.417. The van der Waals surface area contributed by atoms with Gasteiger partial charge in [0.05, 0.1) is 12.1 Å². The Bertz CT molecular complexity index is 572. The van der Waals surface area contributed by atoms with Gasteiger partial charge in [-0.25, -0.2) is 9.97 Å². The van der Waals surface area contributed by atoms with Crippen LogP contribution in [0.4, 0.5) is 0 Å². The summed E-state index contributed by atoms with van der Waals surface area (Å²) in [5, 5.41) is 8.63. The molecule has 0 aromatic carbocycles. The van der Waals surface area contributed by atoms with E-state index in [1.54, 1.807) is 6.33 Å². The molecule has 3 rings (SSSR count). The maximum Gasteiger partial charge on any atom is 0.303 e. The summed E-state index contributed by atoms with van der Waals surface area (Å²) in [6, 6.07) is 2.00. The normalized spacial score (nSPS) is 15.3. The number of rotatable bonds is 4. The van der Waals surface area contributed by atoms with Crippen molar-refractivity contribution in [1.29, 1.82) is 0 Å². The molecule has 1 saturated carbocycles. The number of carbonyl (C=O) groups is 1. The van der Waals surface area contributed by atoms with Crippen LogP contribution >= 0.6 is 0 Å². The number of aromatic nitrogens is 3. The molecule has 5 heteroatoms. The number of aliphatic carboxylic acids is 1. The van der Waals surface area contributed by atoms with Crippen molar-refractivity contribution >= 4 is 11.6 Å². The molecule has 0 spiro atoms. The van der Waals surface area contributed by atoms with E-state index in [0.717, 1.165) is 17.0 Å². The number of carboxylic acid groups (broad SMARTS) is 1. The maximum absolute atomic E-state index is 10.5. The largest absolute Gasteiger partial charge is 0.481 e. The van der Waals surface area contributed by atoms with Gasteiger partial charge >= 0.3 is 5.97 Å². The fourth-order valence-electron chi connectivity index (χ4n) is 1.92. The van der Waals surface area contributed by atoms with E-state index in [1.807, 2.05) is 16.7 Å². The quantitative estimate of drug-likeness (QED) is 0.868. The first-order valence-corrected chi connectivity index (χ1v) is 5.78. The smallest absolute Gasteiger partial charge is 0.303 e. The SMILES string of the molecule is O=C(O)CCc1cn2cnc(C3CC3)cc2n1. The van der Waals surface area contributed by atoms with Crippen molar-refractivity contribution in [3.8, 4) is 0 Å². The number of aryl methyl sites for hydroxylation is 1. The predicted octanol–water partition coefficient (Wildman–Crippen LogP) is 1.62. The Labute approximate surface area is 98.1 Å². The van der Waals surface area contributed by atoms with Crippen LogP contribution < -0.4 is 0 Å². The first kappa shape index (κ1) is 10.3. The molecular formula is C12H13N3O2. The van der Waals surface area contributed by atoms with Gasteiger partial charge in [0.1, 0.15) is 12.0 Å². The van der Waals surface area contributed by atoms with E-state index in [4.69, 9.17) is 5.11 Å². The average Bonchev–Trinajstić information content (AvgIpc) is 3.06. The molecule has 17 heavy (non-hydrogen) atoms. The third kappa shape index (κ3) is 2.13. The summed E-state index contributed by atoms with van der Waals surface area (Å²) in [5.41, 5.74) is 2.78. The van der Waals surface area contributed by atoms with E-state index < -0.39 is 5.97 Å². The van der Waals surface area contributed by atoms with E-state index in [9.17, 15) is 4.79 Å². The number of hydrogen-bond acceptors (Lipinski definition) is 3. The maximum atomic E-state index is 10.5. The number of hydrogen-bond donors (Lipinski definition) is 1. The van der Waals surface area contributed by atoms with Gasteiger partial charge in [-0.2, -0.15) is 0 Å². The molecule has 1 aliphatic carbocycles. The first-order valence-electron chi connectivity index (χ1n) is 5.78. The Hall–Kier alpha value is -1.91. The highest BCUT2D eigenvalue weighted by atomic mass is 16.4. The zero-order chi connectivity index (χ0) is 11.8. The van der Waals surface area contributed by atoms with Crippen LogP contribution in [0.15, 0.2) is 18.6 Å². The fourth-order valence-corrected chi connectivity index (χ4v) is 1.92. The van der Waals surface area contributed by atoms with Gasteiger partial charge in [-0.05, 0) is 12.8 Å². The highest BCUT2D eigenvalue weighted by molar-refractivity contribution is 5.67. The summed E-state index contributed by atoms with van der Waals surface area (Å²) in [6.45, 7) is 0. The van der Waals surface area contributed by atoms with Crippen LogP contribution in [0.5, 0.6) is 0 Å². The Morgan fingerprint density at radius 1 is 1.53 bits per heavy atom. The van der Waals surface area contributed by atoms with Crippen LogP contribution in [-0.4, -0.2) is 25.4 Å². The van der Waals surface area contributed by atoms with Gasteiger partial charge in [0.2, 0.25) is 0 Å². The second kappa shape index (κ2) is 3.84. The van der Waals surface area contributed by atoms with Gasteiger partial charge in [0.15, 0.2) is 0 Å². The molecule has 88 valence electrons. The monoisotopic (exact) mass is 231 g/mol. The van der Waals surface area contributed by atoms with Crippen LogP contribution in [0.3, 0.4) is 0 Å². The van der Waals surface area contributed by atoms with E-state index in [0.29, 0.717) is 12.3 Å². The molecule has 0 atom stereocenters. The summed E-state index contributed by atoms with van der Waals surface area (Å²) in [4.78, 5) is 19.3. The minimum absolute atomic E-state index is 0.118. The van der Waals surface area contributed by atoms with Crippen molar-refractivity contribution in [2.24, 2.45) is 0 Å². The highest BCUT2D eigenvalue weighted by Gasteiger charge is 2.25. The zero-order valence-corrected chi connectivity index (χ0v) is 9.33. The van der Waals surface area contributed by atoms with E-state index in [2.05, 4.69) is 9.97 Å². The van der Waals surface area contributed by atoms with Gasteiger partial charge in [-0.15, -0.1) is 0 Å². The standard InChI is InChI=1S/C12H13N3O2/c16-12(17)4-3-9-6-15-7-13-10(8-1-2-8)5-11(15)14-9/h5-8H,1-4H2,(H,16,17). The third-order valence-electron chi connectivity index (χ3n) is 3.01. The van der Waals surface area contributed by atoms with Gasteiger partial charge in [-0.3, -0.25) is 9.20 Å². The zero-order valence-electron chi connectivity index (χ0n) is 9.33. The molecule has 0 aliphatic heterocycles. The molecule has 1 aliphatic rings. The van der Waals surface area contributed by atoms with E-state index >= 15 is 0 Å². The molecule has 1 fully saturated rings. The molecule has 0 amide bonds. The van der Waals surface area contributed by atoms with Crippen LogP contribution in [0.2, 0.25) is 0 Å². The number of imidazole rings is 1. The second-order valence-corrected chi connectivity index (χ2v) is 4.48. The molecule has 0 unspecified atom stereocenters. The summed E-state index contributed by atoms with van der Waals surface area (Å²) in [7, 11) is 0. The molecular weight excluding hydrogens is 218 g/mol. The lowest BCUT2D eigenvalue weighted by Gasteiger charge is -1.96. The summed E-state index contributed by atoms with van der Waals surface area (Å²) in [6.07, 6.45) is 6.64.